The highest BCUT2D eigenvalue weighted by atomic mass is 35.5. The van der Waals surface area contributed by atoms with Gasteiger partial charge in [0.2, 0.25) is 11.7 Å². The van der Waals surface area contributed by atoms with Crippen LogP contribution in [-0.2, 0) is 23.9 Å². The summed E-state index contributed by atoms with van der Waals surface area (Å²) in [6, 6.07) is 7.57. The molecule has 21 heteroatoms. The van der Waals surface area contributed by atoms with Gasteiger partial charge in [-0.15, -0.1) is 5.10 Å². The number of aromatic hydroxyl groups is 1. The number of fused-ring (bicyclic) bond motifs is 2. The second kappa shape index (κ2) is 14.6. The van der Waals surface area contributed by atoms with E-state index in [4.69, 9.17) is 21.1 Å². The number of rotatable bonds is 8. The largest absolute Gasteiger partial charge is 0.504 e. The number of piperazine rings is 1. The third kappa shape index (κ3) is 7.04. The summed E-state index contributed by atoms with van der Waals surface area (Å²) in [6.07, 6.45) is -6.86. The molecule has 1 saturated heterocycles. The van der Waals surface area contributed by atoms with E-state index in [2.05, 4.69) is 25.4 Å². The molecule has 0 atom stereocenters. The summed E-state index contributed by atoms with van der Waals surface area (Å²) in [4.78, 5) is 55.9. The zero-order valence-corrected chi connectivity index (χ0v) is 29.4. The minimum atomic E-state index is -4.66. The van der Waals surface area contributed by atoms with Crippen molar-refractivity contribution in [2.75, 3.05) is 49.6 Å². The number of aromatic nitrogens is 6. The van der Waals surface area contributed by atoms with Crippen LogP contribution in [0.25, 0.3) is 17.2 Å². The maximum absolute atomic E-state index is 14.3. The molecule has 288 valence electrons. The van der Waals surface area contributed by atoms with Gasteiger partial charge in [0.1, 0.15) is 31.8 Å². The van der Waals surface area contributed by atoms with Crippen LogP contribution in [0.3, 0.4) is 0 Å². The SMILES string of the molecule is CCc1c(N2CCN(C(=O)c3ncnc(C(F)F)c3O)CC2)c(=O)n2nc(-c3cccc4c3OCCO4)nc2n1CC(=O)Nc1ccc(C(F)(F)F)cc1Cl. The van der Waals surface area contributed by atoms with Crippen molar-refractivity contribution in [1.29, 1.82) is 0 Å². The lowest BCUT2D eigenvalue weighted by Gasteiger charge is -2.36. The van der Waals surface area contributed by atoms with Crippen molar-refractivity contribution in [3.8, 4) is 28.6 Å². The third-order valence-electron chi connectivity index (χ3n) is 8.98. The van der Waals surface area contributed by atoms with Crippen molar-refractivity contribution in [3.63, 3.8) is 0 Å². The zero-order valence-electron chi connectivity index (χ0n) is 28.6. The van der Waals surface area contributed by atoms with Gasteiger partial charge in [0, 0.05) is 26.2 Å². The van der Waals surface area contributed by atoms with Gasteiger partial charge in [0.15, 0.2) is 34.5 Å². The van der Waals surface area contributed by atoms with Gasteiger partial charge in [-0.25, -0.2) is 18.7 Å². The van der Waals surface area contributed by atoms with Crippen LogP contribution in [0.4, 0.5) is 33.3 Å². The standard InChI is InChI=1S/C34H29ClF5N9O6/c1-2-21-26(46-8-10-47(11-9-46)31(52)25-27(51)24(29(36)37)41-16-42-25)32(53)49-33(44-30(45-49)18-4-3-5-22-28(18)55-13-12-54-22)48(21)15-23(50)43-20-7-6-17(14-19(20)35)34(38,39)40/h3-7,14,16,29,51H,2,8-13,15H2,1H3,(H,43,50). The van der Waals surface area contributed by atoms with Crippen LogP contribution in [-0.4, -0.2) is 90.3 Å². The third-order valence-corrected chi connectivity index (χ3v) is 9.30. The van der Waals surface area contributed by atoms with E-state index in [1.54, 1.807) is 30.0 Å². The van der Waals surface area contributed by atoms with Crippen LogP contribution in [0, 0.1) is 0 Å². The molecular formula is C34H29ClF5N9O6. The van der Waals surface area contributed by atoms with Gasteiger partial charge >= 0.3 is 6.18 Å². The number of para-hydroxylation sites is 1. The molecule has 2 aliphatic rings. The second-order valence-corrected chi connectivity index (χ2v) is 12.7. The van der Waals surface area contributed by atoms with Crippen LogP contribution in [0.15, 0.2) is 47.5 Å². The Hall–Kier alpha value is -6.05. The number of halogens is 6. The van der Waals surface area contributed by atoms with Crippen molar-refractivity contribution in [3.05, 3.63) is 80.7 Å². The van der Waals surface area contributed by atoms with Gasteiger partial charge in [-0.1, -0.05) is 24.6 Å². The van der Waals surface area contributed by atoms with E-state index in [-0.39, 0.29) is 67.2 Å². The van der Waals surface area contributed by atoms with Crippen molar-refractivity contribution < 1.29 is 46.1 Å². The number of anilines is 2. The van der Waals surface area contributed by atoms with Crippen molar-refractivity contribution in [2.45, 2.75) is 32.5 Å². The molecule has 2 aliphatic heterocycles. The van der Waals surface area contributed by atoms with Crippen molar-refractivity contribution in [2.24, 2.45) is 0 Å². The van der Waals surface area contributed by atoms with Gasteiger partial charge in [-0.05, 0) is 36.8 Å². The van der Waals surface area contributed by atoms with Crippen molar-refractivity contribution in [1.82, 2.24) is 34.0 Å². The minimum absolute atomic E-state index is 0.0179. The predicted molar refractivity (Wildman–Crippen MR) is 185 cm³/mol. The van der Waals surface area contributed by atoms with Gasteiger partial charge in [-0.2, -0.15) is 22.7 Å². The molecule has 5 aromatic rings. The molecule has 2 N–H and O–H groups in total. The van der Waals surface area contributed by atoms with E-state index in [0.29, 0.717) is 35.4 Å². The fraction of sp³-hybridized carbons (Fsp3) is 0.324. The van der Waals surface area contributed by atoms with E-state index < -0.39 is 59.2 Å². The monoisotopic (exact) mass is 789 g/mol. The Morgan fingerprint density at radius 3 is 2.49 bits per heavy atom. The Labute approximate surface area is 311 Å². The normalized spacial score (nSPS) is 14.5. The molecular weight excluding hydrogens is 761 g/mol. The molecule has 2 amide bonds. The number of nitrogens with one attached hydrogen (secondary N) is 1. The zero-order chi connectivity index (χ0) is 39.2. The first kappa shape index (κ1) is 37.3. The summed E-state index contributed by atoms with van der Waals surface area (Å²) in [6.45, 7) is 1.89. The average molecular weight is 790 g/mol. The fourth-order valence-corrected chi connectivity index (χ4v) is 6.64. The van der Waals surface area contributed by atoms with E-state index >= 15 is 0 Å². The molecule has 0 radical (unpaired) electrons. The molecule has 3 aromatic heterocycles. The molecule has 0 bridgehead atoms. The lowest BCUT2D eigenvalue weighted by atomic mass is 10.1. The number of hydrogen-bond donors (Lipinski definition) is 2. The van der Waals surface area contributed by atoms with Crippen molar-refractivity contribution >= 4 is 40.6 Å². The summed E-state index contributed by atoms with van der Waals surface area (Å²) < 4.78 is 80.4. The first-order valence-corrected chi connectivity index (χ1v) is 17.1. The summed E-state index contributed by atoms with van der Waals surface area (Å²) in [5.74, 6) is -1.73. The maximum atomic E-state index is 14.3. The highest BCUT2D eigenvalue weighted by Gasteiger charge is 2.33. The topological polar surface area (TPSA) is 169 Å². The van der Waals surface area contributed by atoms with Crippen LogP contribution in [0.5, 0.6) is 17.2 Å². The number of amides is 2. The van der Waals surface area contributed by atoms with E-state index in [9.17, 15) is 41.4 Å². The Balaban J connectivity index is 1.26. The molecule has 0 saturated carbocycles. The number of carbonyl (C=O) groups excluding carboxylic acids is 2. The lowest BCUT2D eigenvalue weighted by Crippen LogP contribution is -2.51. The fourth-order valence-electron chi connectivity index (χ4n) is 6.41. The van der Waals surface area contributed by atoms with E-state index in [0.717, 1.165) is 23.0 Å². The summed E-state index contributed by atoms with van der Waals surface area (Å²) >= 11 is 6.12. The Bertz CT molecular complexity index is 2380. The highest BCUT2D eigenvalue weighted by Crippen LogP contribution is 2.39. The Morgan fingerprint density at radius 1 is 1.05 bits per heavy atom. The van der Waals surface area contributed by atoms with Gasteiger partial charge in [0.25, 0.3) is 17.9 Å². The number of alkyl halides is 5. The molecule has 5 heterocycles. The smallest absolute Gasteiger partial charge is 0.416 e. The van der Waals surface area contributed by atoms with E-state index in [1.807, 2.05) is 0 Å². The van der Waals surface area contributed by atoms with Crippen LogP contribution in [0.1, 0.15) is 40.8 Å². The van der Waals surface area contributed by atoms with Crippen LogP contribution in [0.2, 0.25) is 5.02 Å². The Morgan fingerprint density at radius 2 is 1.80 bits per heavy atom. The number of benzene rings is 2. The summed E-state index contributed by atoms with van der Waals surface area (Å²) in [7, 11) is 0. The lowest BCUT2D eigenvalue weighted by molar-refractivity contribution is -0.137. The minimum Gasteiger partial charge on any atom is -0.504 e. The summed E-state index contributed by atoms with van der Waals surface area (Å²) in [5, 5.41) is 17.0. The number of ether oxygens (including phenoxy) is 2. The van der Waals surface area contributed by atoms with Crippen LogP contribution >= 0.6 is 11.6 Å². The molecule has 2 aromatic carbocycles. The quantitative estimate of drug-likeness (QED) is 0.211. The number of carbonyl (C=O) groups is 2. The number of hydrogen-bond acceptors (Lipinski definition) is 11. The molecule has 0 spiro atoms. The van der Waals surface area contributed by atoms with Gasteiger partial charge in [0.05, 0.1) is 27.5 Å². The number of nitrogens with zero attached hydrogens (tertiary/aromatic N) is 8. The predicted octanol–water partition coefficient (Wildman–Crippen LogP) is 4.60. The molecule has 55 heavy (non-hydrogen) atoms. The highest BCUT2D eigenvalue weighted by molar-refractivity contribution is 6.33. The average Bonchev–Trinajstić information content (AvgIpc) is 3.62. The first-order chi connectivity index (χ1) is 26.3. The molecule has 0 aliphatic carbocycles. The maximum Gasteiger partial charge on any atom is 0.416 e. The first-order valence-electron chi connectivity index (χ1n) is 16.7. The summed E-state index contributed by atoms with van der Waals surface area (Å²) in [5.41, 5.74) is -2.40. The molecule has 1 fully saturated rings. The second-order valence-electron chi connectivity index (χ2n) is 12.3. The Kier molecular flexibility index (Phi) is 9.93. The van der Waals surface area contributed by atoms with Crippen LogP contribution < -0.4 is 25.2 Å². The molecule has 0 unspecified atom stereocenters. The van der Waals surface area contributed by atoms with Gasteiger partial charge in [-0.3, -0.25) is 14.4 Å². The van der Waals surface area contributed by atoms with Gasteiger partial charge < -0.3 is 34.3 Å². The van der Waals surface area contributed by atoms with E-state index in [1.165, 1.54) is 9.47 Å². The molecule has 15 nitrogen and oxygen atoms in total. The molecule has 7 rings (SSSR count).